The normalized spacial score (nSPS) is 20.5. The lowest BCUT2D eigenvalue weighted by Gasteiger charge is -2.31. The van der Waals surface area contributed by atoms with E-state index < -0.39 is 17.6 Å². The Labute approximate surface area is 263 Å². The second kappa shape index (κ2) is 11.4. The maximum atomic E-state index is 14.8. The summed E-state index contributed by atoms with van der Waals surface area (Å²) in [7, 11) is 0. The maximum absolute atomic E-state index is 14.8. The number of carbonyl (C=O) groups is 1. The van der Waals surface area contributed by atoms with Gasteiger partial charge in [-0.15, -0.1) is 0 Å². The minimum atomic E-state index is -1.36. The monoisotopic (exact) mass is 635 g/mol. The number of ether oxygens (including phenoxy) is 4. The Kier molecular flexibility index (Phi) is 7.41. The van der Waals surface area contributed by atoms with Crippen molar-refractivity contribution in [2.75, 3.05) is 31.2 Å². The van der Waals surface area contributed by atoms with Crippen molar-refractivity contribution >= 4 is 40.6 Å². The predicted octanol–water partition coefficient (Wildman–Crippen LogP) is 5.62. The van der Waals surface area contributed by atoms with Gasteiger partial charge in [-0.2, -0.15) is 5.10 Å². The number of rotatable bonds is 9. The number of carboxylic acid groups (broad SMARTS) is 1. The van der Waals surface area contributed by atoms with Gasteiger partial charge >= 0.3 is 5.97 Å². The Morgan fingerprint density at radius 1 is 1.20 bits per heavy atom. The minimum absolute atomic E-state index is 0.0277. The number of aromatic nitrogens is 2. The second-order valence-electron chi connectivity index (χ2n) is 11.2. The summed E-state index contributed by atoms with van der Waals surface area (Å²) in [5, 5.41) is 16.6. The van der Waals surface area contributed by atoms with Crippen molar-refractivity contribution in [3.8, 4) is 17.2 Å². The third kappa shape index (κ3) is 5.38. The van der Waals surface area contributed by atoms with E-state index in [0.29, 0.717) is 67.7 Å². The molecule has 4 aromatic rings. The van der Waals surface area contributed by atoms with Crippen molar-refractivity contribution < 1.29 is 33.2 Å². The molecule has 0 radical (unpaired) electrons. The standard InChI is InChI=1S/C32H31ClFN5O6/c1-3-42-27-14-19(31(40)41)13-25-29(27)36-28(39(25)16-21-9-12-43-21)17-38-11-10-37(18-35-38)24-5-4-6-26-30(24)45-32(2,44-26)22-8-7-20(33)15-23(22)34/h4-8,13-15,18,21H,3,9-12,16-17H2,1-2H3,(H,40,41)/t21-,32-/m0/s1. The van der Waals surface area contributed by atoms with Gasteiger partial charge in [-0.3, -0.25) is 5.01 Å². The first-order chi connectivity index (χ1) is 21.7. The summed E-state index contributed by atoms with van der Waals surface area (Å²) >= 11 is 5.96. The van der Waals surface area contributed by atoms with Crippen LogP contribution in [0.15, 0.2) is 53.6 Å². The van der Waals surface area contributed by atoms with Gasteiger partial charge in [-0.1, -0.05) is 17.7 Å². The Morgan fingerprint density at radius 2 is 2.04 bits per heavy atom. The van der Waals surface area contributed by atoms with E-state index in [9.17, 15) is 14.3 Å². The first-order valence-electron chi connectivity index (χ1n) is 14.8. The molecule has 45 heavy (non-hydrogen) atoms. The number of imidazole rings is 1. The van der Waals surface area contributed by atoms with Crippen molar-refractivity contribution in [3.63, 3.8) is 0 Å². The average Bonchev–Trinajstić information content (AvgIpc) is 3.52. The topological polar surface area (TPSA) is 111 Å². The highest BCUT2D eigenvalue weighted by atomic mass is 35.5. The van der Waals surface area contributed by atoms with Crippen molar-refractivity contribution in [2.45, 2.75) is 45.2 Å². The summed E-state index contributed by atoms with van der Waals surface area (Å²) in [4.78, 5) is 18.8. The number of para-hydroxylation sites is 1. The van der Waals surface area contributed by atoms with Crippen LogP contribution in [0.1, 0.15) is 42.0 Å². The van der Waals surface area contributed by atoms with Crippen LogP contribution in [0.25, 0.3) is 11.0 Å². The number of carboxylic acids is 1. The summed E-state index contributed by atoms with van der Waals surface area (Å²) in [6, 6.07) is 13.1. The number of anilines is 1. The third-order valence-electron chi connectivity index (χ3n) is 8.19. The molecule has 0 amide bonds. The Morgan fingerprint density at radius 3 is 2.73 bits per heavy atom. The van der Waals surface area contributed by atoms with E-state index in [0.717, 1.165) is 17.9 Å². The number of fused-ring (bicyclic) bond motifs is 2. The van der Waals surface area contributed by atoms with Crippen LogP contribution in [0.5, 0.6) is 17.2 Å². The van der Waals surface area contributed by atoms with E-state index >= 15 is 0 Å². The summed E-state index contributed by atoms with van der Waals surface area (Å²) in [6.07, 6.45) is 2.67. The molecule has 3 aliphatic heterocycles. The fourth-order valence-corrected chi connectivity index (χ4v) is 5.99. The summed E-state index contributed by atoms with van der Waals surface area (Å²) < 4.78 is 40.7. The molecule has 0 spiro atoms. The smallest absolute Gasteiger partial charge is 0.335 e. The molecule has 3 aromatic carbocycles. The molecule has 1 aromatic heterocycles. The van der Waals surface area contributed by atoms with Gasteiger partial charge in [0, 0.05) is 25.1 Å². The molecular formula is C32H31ClFN5O6. The predicted molar refractivity (Wildman–Crippen MR) is 165 cm³/mol. The van der Waals surface area contributed by atoms with Crippen LogP contribution in [0.3, 0.4) is 0 Å². The number of benzene rings is 3. The fraction of sp³-hybridized carbons (Fsp3) is 0.344. The number of aromatic carboxylic acids is 1. The molecule has 4 heterocycles. The Balaban J connectivity index is 1.15. The molecule has 234 valence electrons. The van der Waals surface area contributed by atoms with E-state index in [-0.39, 0.29) is 22.3 Å². The van der Waals surface area contributed by atoms with Gasteiger partial charge in [-0.05, 0) is 55.8 Å². The summed E-state index contributed by atoms with van der Waals surface area (Å²) in [5.41, 5.74) is 2.41. The molecule has 0 bridgehead atoms. The first-order valence-corrected chi connectivity index (χ1v) is 15.1. The quantitative estimate of drug-likeness (QED) is 0.250. The van der Waals surface area contributed by atoms with Crippen LogP contribution in [-0.4, -0.2) is 64.4 Å². The zero-order valence-electron chi connectivity index (χ0n) is 24.7. The van der Waals surface area contributed by atoms with Gasteiger partial charge in [0.2, 0.25) is 0 Å². The number of hydrogen-bond donors (Lipinski definition) is 1. The van der Waals surface area contributed by atoms with Crippen molar-refractivity contribution in [1.29, 1.82) is 0 Å². The fourth-order valence-electron chi connectivity index (χ4n) is 5.83. The Hall–Kier alpha value is -4.55. The lowest BCUT2D eigenvalue weighted by Crippen LogP contribution is -2.38. The van der Waals surface area contributed by atoms with E-state index in [4.69, 9.17) is 40.6 Å². The highest BCUT2D eigenvalue weighted by molar-refractivity contribution is 6.30. The molecule has 2 atom stereocenters. The van der Waals surface area contributed by atoms with E-state index in [1.807, 2.05) is 33.5 Å². The van der Waals surface area contributed by atoms with Crippen LogP contribution in [-0.2, 0) is 23.6 Å². The van der Waals surface area contributed by atoms with E-state index in [1.165, 1.54) is 12.1 Å². The molecule has 11 nitrogen and oxygen atoms in total. The number of nitrogens with zero attached hydrogens (tertiary/aromatic N) is 5. The van der Waals surface area contributed by atoms with Gasteiger partial charge in [0.05, 0.1) is 54.7 Å². The molecule has 7 rings (SSSR count). The lowest BCUT2D eigenvalue weighted by atomic mass is 10.1. The highest BCUT2D eigenvalue weighted by Gasteiger charge is 2.42. The molecule has 1 saturated heterocycles. The largest absolute Gasteiger partial charge is 0.492 e. The zero-order chi connectivity index (χ0) is 31.3. The number of halogens is 2. The van der Waals surface area contributed by atoms with Crippen LogP contribution in [0, 0.1) is 5.82 Å². The zero-order valence-corrected chi connectivity index (χ0v) is 25.5. The average molecular weight is 636 g/mol. The van der Waals surface area contributed by atoms with E-state index in [1.54, 1.807) is 37.5 Å². The van der Waals surface area contributed by atoms with Gasteiger partial charge in [0.15, 0.2) is 11.5 Å². The summed E-state index contributed by atoms with van der Waals surface area (Å²) in [5.74, 6) is -0.762. The highest BCUT2D eigenvalue weighted by Crippen LogP contribution is 2.49. The molecular weight excluding hydrogens is 605 g/mol. The molecule has 1 fully saturated rings. The maximum Gasteiger partial charge on any atom is 0.335 e. The number of hydrogen-bond acceptors (Lipinski definition) is 9. The molecule has 1 N–H and O–H groups in total. The van der Waals surface area contributed by atoms with Gasteiger partial charge < -0.3 is 33.5 Å². The first kappa shape index (κ1) is 29.2. The van der Waals surface area contributed by atoms with Gasteiger partial charge in [-0.25, -0.2) is 14.2 Å². The van der Waals surface area contributed by atoms with Crippen LogP contribution >= 0.6 is 11.6 Å². The summed E-state index contributed by atoms with van der Waals surface area (Å²) in [6.45, 7) is 6.68. The van der Waals surface area contributed by atoms with Crippen molar-refractivity contribution in [1.82, 2.24) is 14.6 Å². The van der Waals surface area contributed by atoms with Crippen molar-refractivity contribution in [3.05, 3.63) is 76.3 Å². The van der Waals surface area contributed by atoms with E-state index in [2.05, 4.69) is 0 Å². The third-order valence-corrected chi connectivity index (χ3v) is 8.43. The molecule has 0 unspecified atom stereocenters. The molecule has 0 saturated carbocycles. The number of hydrazone groups is 1. The molecule has 13 heteroatoms. The van der Waals surface area contributed by atoms with Crippen LogP contribution in [0.2, 0.25) is 5.02 Å². The molecule has 0 aliphatic carbocycles. The van der Waals surface area contributed by atoms with Crippen LogP contribution < -0.4 is 19.1 Å². The van der Waals surface area contributed by atoms with Crippen LogP contribution in [0.4, 0.5) is 10.1 Å². The molecule has 3 aliphatic rings. The SMILES string of the molecule is CCOc1cc(C(=O)O)cc2c1nc(CN1CCN(c3cccc4c3O[C@@](C)(c3ccc(Cl)cc3F)O4)C=N1)n2C[C@@H]1CCO1. The minimum Gasteiger partial charge on any atom is -0.492 e. The Bertz CT molecular complexity index is 1830. The van der Waals surface area contributed by atoms with Gasteiger partial charge in [0.1, 0.15) is 29.2 Å². The lowest BCUT2D eigenvalue weighted by molar-refractivity contribution is -0.0705. The van der Waals surface area contributed by atoms with Gasteiger partial charge in [0.25, 0.3) is 5.79 Å². The van der Waals surface area contributed by atoms with Crippen molar-refractivity contribution in [2.24, 2.45) is 5.10 Å². The second-order valence-corrected chi connectivity index (χ2v) is 11.6.